The maximum Gasteiger partial charge on any atom is 0.416 e. The molecule has 9 heteroatoms. The Morgan fingerprint density at radius 2 is 2.04 bits per heavy atom. The molecule has 4 nitrogen and oxygen atoms in total. The van der Waals surface area contributed by atoms with Crippen molar-refractivity contribution in [2.24, 2.45) is 0 Å². The van der Waals surface area contributed by atoms with E-state index in [4.69, 9.17) is 0 Å². The number of nitrogens with zero attached hydrogens (tertiary/aromatic N) is 2. The summed E-state index contributed by atoms with van der Waals surface area (Å²) in [5.41, 5.74) is -0.803. The number of rotatable bonds is 2. The second-order valence-corrected chi connectivity index (χ2v) is 9.01. The Kier molecular flexibility index (Phi) is 3.91. The van der Waals surface area contributed by atoms with Crippen LogP contribution in [-0.4, -0.2) is 28.3 Å². The van der Waals surface area contributed by atoms with E-state index in [1.807, 2.05) is 0 Å². The van der Waals surface area contributed by atoms with E-state index in [-0.39, 0.29) is 16.6 Å². The van der Waals surface area contributed by atoms with E-state index in [9.17, 15) is 21.6 Å². The van der Waals surface area contributed by atoms with E-state index >= 15 is 0 Å². The van der Waals surface area contributed by atoms with Crippen molar-refractivity contribution in [3.8, 4) is 0 Å². The fraction of sp³-hybridized carbons (Fsp3) is 0.267. The maximum absolute atomic E-state index is 13.1. The Hall–Kier alpha value is -1.61. The first-order valence-electron chi connectivity index (χ1n) is 6.88. The Balaban J connectivity index is 2.19. The fourth-order valence-corrected chi connectivity index (χ4v) is 5.35. The zero-order valence-electron chi connectivity index (χ0n) is 12.4. The molecular formula is C15H12BrF3N2O2S. The molecule has 0 saturated heterocycles. The van der Waals surface area contributed by atoms with Crippen molar-refractivity contribution in [3.63, 3.8) is 0 Å². The van der Waals surface area contributed by atoms with Crippen LogP contribution in [0.15, 0.2) is 52.8 Å². The summed E-state index contributed by atoms with van der Waals surface area (Å²) in [6, 6.07) is 4.90. The first-order chi connectivity index (χ1) is 11.0. The van der Waals surface area contributed by atoms with Crippen molar-refractivity contribution in [1.82, 2.24) is 8.96 Å². The lowest BCUT2D eigenvalue weighted by atomic mass is 9.96. The van der Waals surface area contributed by atoms with Crippen molar-refractivity contribution in [2.45, 2.75) is 24.3 Å². The highest BCUT2D eigenvalue weighted by Gasteiger charge is 2.46. The minimum absolute atomic E-state index is 0.0958. The molecule has 1 aliphatic rings. The van der Waals surface area contributed by atoms with Crippen LogP contribution in [0.5, 0.6) is 0 Å². The molecule has 0 fully saturated rings. The van der Waals surface area contributed by atoms with Crippen molar-refractivity contribution >= 4 is 37.0 Å². The maximum atomic E-state index is 13.1. The summed E-state index contributed by atoms with van der Waals surface area (Å²) in [7, 11) is -4.16. The molecule has 0 aliphatic heterocycles. The highest BCUT2D eigenvalue weighted by molar-refractivity contribution is 9.11. The van der Waals surface area contributed by atoms with Crippen molar-refractivity contribution in [1.29, 1.82) is 0 Å². The molecule has 0 radical (unpaired) electrons. The van der Waals surface area contributed by atoms with Gasteiger partial charge in [-0.1, -0.05) is 15.9 Å². The van der Waals surface area contributed by atoms with Crippen LogP contribution < -0.4 is 0 Å². The summed E-state index contributed by atoms with van der Waals surface area (Å²) in [6.45, 7) is 1.27. The number of halogens is 4. The van der Waals surface area contributed by atoms with Gasteiger partial charge in [0.1, 0.15) is 4.75 Å². The quantitative estimate of drug-likeness (QED) is 0.733. The van der Waals surface area contributed by atoms with Crippen LogP contribution in [0.4, 0.5) is 13.2 Å². The molecule has 0 spiro atoms. The number of alkyl halides is 3. The van der Waals surface area contributed by atoms with E-state index < -0.39 is 26.5 Å². The number of hydrogen-bond acceptors (Lipinski definition) is 3. The van der Waals surface area contributed by atoms with Gasteiger partial charge in [0, 0.05) is 24.2 Å². The standard InChI is InChI=1S/C15H12BrF3N2O2S/c1-14(8-11(15(17,18)19)7-12(16)9-14)24(22,23)21-6-4-10-3-2-5-20-13(10)21/h2-8H,9H2,1H3. The Morgan fingerprint density at radius 1 is 1.33 bits per heavy atom. The van der Waals surface area contributed by atoms with Gasteiger partial charge < -0.3 is 0 Å². The molecule has 0 saturated carbocycles. The van der Waals surface area contributed by atoms with Crippen LogP contribution >= 0.6 is 15.9 Å². The number of hydrogen-bond donors (Lipinski definition) is 0. The van der Waals surface area contributed by atoms with Gasteiger partial charge in [-0.3, -0.25) is 0 Å². The molecule has 128 valence electrons. The van der Waals surface area contributed by atoms with E-state index in [1.165, 1.54) is 19.3 Å². The second-order valence-electron chi connectivity index (χ2n) is 5.71. The first-order valence-corrected chi connectivity index (χ1v) is 9.11. The predicted molar refractivity (Wildman–Crippen MR) is 88.2 cm³/mol. The molecule has 0 aromatic carbocycles. The molecule has 2 heterocycles. The van der Waals surface area contributed by atoms with Gasteiger partial charge in [-0.2, -0.15) is 13.2 Å². The molecular weight excluding hydrogens is 409 g/mol. The lowest BCUT2D eigenvalue weighted by Gasteiger charge is -2.30. The third-order valence-corrected chi connectivity index (χ3v) is 6.65. The minimum Gasteiger partial charge on any atom is -0.237 e. The summed E-state index contributed by atoms with van der Waals surface area (Å²) >= 11 is 3.03. The van der Waals surface area contributed by atoms with Gasteiger partial charge in [0.25, 0.3) is 0 Å². The van der Waals surface area contributed by atoms with Crippen molar-refractivity contribution in [3.05, 3.63) is 52.8 Å². The van der Waals surface area contributed by atoms with E-state index in [0.29, 0.717) is 5.39 Å². The molecule has 2 aromatic heterocycles. The zero-order chi connectivity index (χ0) is 17.8. The van der Waals surface area contributed by atoms with Crippen LogP contribution in [0.3, 0.4) is 0 Å². The van der Waals surface area contributed by atoms with Gasteiger partial charge in [-0.15, -0.1) is 0 Å². The number of fused-ring (bicyclic) bond motifs is 1. The summed E-state index contributed by atoms with van der Waals surface area (Å²) < 4.78 is 64.8. The lowest BCUT2D eigenvalue weighted by molar-refractivity contribution is -0.0888. The molecule has 0 bridgehead atoms. The van der Waals surface area contributed by atoms with Crippen molar-refractivity contribution < 1.29 is 21.6 Å². The molecule has 3 rings (SSSR count). The third kappa shape index (κ3) is 2.69. The molecule has 1 aliphatic carbocycles. The van der Waals surface area contributed by atoms with Gasteiger partial charge in [-0.25, -0.2) is 17.4 Å². The molecule has 24 heavy (non-hydrogen) atoms. The summed E-state index contributed by atoms with van der Waals surface area (Å²) in [5, 5.41) is 0.593. The van der Waals surface area contributed by atoms with E-state index in [0.717, 1.165) is 16.1 Å². The molecule has 0 N–H and O–H groups in total. The lowest BCUT2D eigenvalue weighted by Crippen LogP contribution is -2.40. The van der Waals surface area contributed by atoms with Crippen LogP contribution in [0, 0.1) is 0 Å². The fourth-order valence-electron chi connectivity index (χ4n) is 2.67. The molecule has 0 amide bonds. The topological polar surface area (TPSA) is 52.0 Å². The van der Waals surface area contributed by atoms with Crippen LogP contribution in [-0.2, 0) is 10.0 Å². The highest BCUT2D eigenvalue weighted by Crippen LogP contribution is 2.41. The monoisotopic (exact) mass is 420 g/mol. The number of allylic oxidation sites excluding steroid dienone is 3. The Labute approximate surface area is 144 Å². The van der Waals surface area contributed by atoms with Gasteiger partial charge in [0.15, 0.2) is 5.65 Å². The van der Waals surface area contributed by atoms with Crippen LogP contribution in [0.2, 0.25) is 0 Å². The van der Waals surface area contributed by atoms with E-state index in [2.05, 4.69) is 20.9 Å². The van der Waals surface area contributed by atoms with Gasteiger partial charge >= 0.3 is 6.18 Å². The van der Waals surface area contributed by atoms with Gasteiger partial charge in [0.05, 0.1) is 5.57 Å². The summed E-state index contributed by atoms with van der Waals surface area (Å²) in [6.07, 6.45) is -0.310. The molecule has 1 unspecified atom stereocenters. The Morgan fingerprint density at radius 3 is 2.71 bits per heavy atom. The Bertz CT molecular complexity index is 976. The van der Waals surface area contributed by atoms with Crippen LogP contribution in [0.1, 0.15) is 13.3 Å². The van der Waals surface area contributed by atoms with Gasteiger partial charge in [-0.05, 0) is 41.8 Å². The van der Waals surface area contributed by atoms with Crippen molar-refractivity contribution in [2.75, 3.05) is 0 Å². The van der Waals surface area contributed by atoms with Gasteiger partial charge in [0.2, 0.25) is 10.0 Å². The SMILES string of the molecule is CC1(S(=O)(=O)n2ccc3cccnc32)C=C(C(F)(F)F)C=C(Br)C1. The first kappa shape index (κ1) is 17.2. The van der Waals surface area contributed by atoms with Crippen LogP contribution in [0.25, 0.3) is 11.0 Å². The number of aromatic nitrogens is 2. The summed E-state index contributed by atoms with van der Waals surface area (Å²) in [4.78, 5) is 4.03. The highest BCUT2D eigenvalue weighted by atomic mass is 79.9. The largest absolute Gasteiger partial charge is 0.416 e. The smallest absolute Gasteiger partial charge is 0.237 e. The average molecular weight is 421 g/mol. The second kappa shape index (κ2) is 5.45. The molecule has 1 atom stereocenters. The third-order valence-electron chi connectivity index (χ3n) is 3.88. The minimum atomic E-state index is -4.63. The normalized spacial score (nSPS) is 22.4. The number of pyridine rings is 1. The summed E-state index contributed by atoms with van der Waals surface area (Å²) in [5.74, 6) is 0. The van der Waals surface area contributed by atoms with E-state index in [1.54, 1.807) is 18.2 Å². The molecule has 2 aromatic rings. The predicted octanol–water partition coefficient (Wildman–Crippen LogP) is 4.14. The zero-order valence-corrected chi connectivity index (χ0v) is 14.8. The average Bonchev–Trinajstić information content (AvgIpc) is 2.89.